The van der Waals surface area contributed by atoms with Crippen molar-refractivity contribution >= 4 is 59.6 Å². The van der Waals surface area contributed by atoms with Crippen LogP contribution in [0.5, 0.6) is 0 Å². The fraction of sp³-hybridized carbons (Fsp3) is 0.176. The number of carbonyl (C=O) groups excluding carboxylic acids is 1. The minimum absolute atomic E-state index is 0.184. The summed E-state index contributed by atoms with van der Waals surface area (Å²) in [7, 11) is -3.35. The Balaban J connectivity index is 1.53. The number of thiophene rings is 1. The van der Waals surface area contributed by atoms with E-state index in [-0.39, 0.29) is 11.9 Å². The van der Waals surface area contributed by atoms with Crippen molar-refractivity contribution in [2.45, 2.75) is 13.0 Å². The van der Waals surface area contributed by atoms with E-state index in [9.17, 15) is 13.2 Å². The molecule has 1 unspecified atom stereocenters. The van der Waals surface area contributed by atoms with Crippen molar-refractivity contribution in [1.29, 1.82) is 0 Å². The topological polar surface area (TPSA) is 92.6 Å². The maximum Gasteiger partial charge on any atom is 0.261 e. The van der Waals surface area contributed by atoms with Gasteiger partial charge in [0.25, 0.3) is 5.91 Å². The van der Waals surface area contributed by atoms with Gasteiger partial charge in [0, 0.05) is 17.3 Å². The van der Waals surface area contributed by atoms with Gasteiger partial charge in [-0.2, -0.15) is 0 Å². The van der Waals surface area contributed by atoms with Crippen molar-refractivity contribution in [1.82, 2.24) is 14.7 Å². The molecule has 7 nitrogen and oxygen atoms in total. The zero-order chi connectivity index (χ0) is 19.2. The first kappa shape index (κ1) is 18.0. The van der Waals surface area contributed by atoms with E-state index < -0.39 is 10.0 Å². The van der Waals surface area contributed by atoms with Gasteiger partial charge in [-0.1, -0.05) is 12.1 Å². The number of aromatic nitrogens is 2. The number of anilines is 1. The molecule has 4 aromatic rings. The van der Waals surface area contributed by atoms with Crippen LogP contribution in [0.4, 0.5) is 5.69 Å². The molecule has 0 saturated carbocycles. The Kier molecular flexibility index (Phi) is 4.41. The normalized spacial score (nSPS) is 13.1. The number of hydrogen-bond donors (Lipinski definition) is 2. The number of carbonyl (C=O) groups is 1. The van der Waals surface area contributed by atoms with Gasteiger partial charge in [-0.15, -0.1) is 22.7 Å². The molecule has 1 aromatic carbocycles. The number of hydrogen-bond acceptors (Lipinski definition) is 6. The second-order valence-electron chi connectivity index (χ2n) is 6.16. The molecule has 27 heavy (non-hydrogen) atoms. The lowest BCUT2D eigenvalue weighted by Crippen LogP contribution is -2.26. The lowest BCUT2D eigenvalue weighted by molar-refractivity contribution is 0.0944. The van der Waals surface area contributed by atoms with Gasteiger partial charge in [-0.25, -0.2) is 13.4 Å². The molecule has 3 heterocycles. The number of nitrogens with zero attached hydrogens (tertiary/aromatic N) is 2. The largest absolute Gasteiger partial charge is 0.345 e. The quantitative estimate of drug-likeness (QED) is 0.517. The molecule has 0 spiro atoms. The summed E-state index contributed by atoms with van der Waals surface area (Å²) in [5.41, 5.74) is 2.19. The summed E-state index contributed by atoms with van der Waals surface area (Å²) >= 11 is 2.91. The third kappa shape index (κ3) is 3.68. The summed E-state index contributed by atoms with van der Waals surface area (Å²) < 4.78 is 27.2. The van der Waals surface area contributed by atoms with Crippen LogP contribution in [0.3, 0.4) is 0 Å². The van der Waals surface area contributed by atoms with Crippen molar-refractivity contribution in [3.05, 3.63) is 52.3 Å². The molecular weight excluding hydrogens is 404 g/mol. The summed E-state index contributed by atoms with van der Waals surface area (Å²) in [6, 6.07) is 8.53. The number of thiazole rings is 1. The van der Waals surface area contributed by atoms with Crippen molar-refractivity contribution in [3.63, 3.8) is 0 Å². The molecule has 3 aromatic heterocycles. The van der Waals surface area contributed by atoms with Gasteiger partial charge in [0.15, 0.2) is 4.96 Å². The van der Waals surface area contributed by atoms with Gasteiger partial charge in [0.05, 0.1) is 22.7 Å². The minimum atomic E-state index is -3.35. The lowest BCUT2D eigenvalue weighted by atomic mass is 10.1. The molecule has 0 radical (unpaired) electrons. The van der Waals surface area contributed by atoms with E-state index in [1.807, 2.05) is 35.0 Å². The molecule has 10 heteroatoms. The fourth-order valence-corrected chi connectivity index (χ4v) is 5.05. The lowest BCUT2D eigenvalue weighted by Gasteiger charge is -2.15. The number of rotatable bonds is 5. The van der Waals surface area contributed by atoms with Crippen LogP contribution < -0.4 is 10.0 Å². The highest BCUT2D eigenvalue weighted by Gasteiger charge is 2.17. The SMILES string of the molecule is CC(NC(=O)c1cc2c(nc3sccn32)s1)c1cccc(NS(C)(=O)=O)c1. The molecule has 0 fully saturated rings. The minimum Gasteiger partial charge on any atom is -0.345 e. The monoisotopic (exact) mass is 420 g/mol. The second-order valence-corrected chi connectivity index (χ2v) is 9.82. The summed E-state index contributed by atoms with van der Waals surface area (Å²) in [5.74, 6) is -0.184. The number of nitrogens with one attached hydrogen (secondary N) is 2. The molecule has 2 N–H and O–H groups in total. The van der Waals surface area contributed by atoms with Crippen LogP contribution in [0.15, 0.2) is 41.9 Å². The van der Waals surface area contributed by atoms with E-state index >= 15 is 0 Å². The third-order valence-electron chi connectivity index (χ3n) is 4.00. The third-order valence-corrected chi connectivity index (χ3v) is 6.38. The Hall–Kier alpha value is -2.43. The maximum atomic E-state index is 12.6. The number of amides is 1. The molecule has 1 amide bonds. The highest BCUT2D eigenvalue weighted by molar-refractivity contribution is 7.92. The van der Waals surface area contributed by atoms with E-state index in [0.717, 1.165) is 27.1 Å². The van der Waals surface area contributed by atoms with Crippen LogP contribution in [-0.4, -0.2) is 30.0 Å². The van der Waals surface area contributed by atoms with Gasteiger partial charge in [0.2, 0.25) is 10.0 Å². The average Bonchev–Trinajstić information content (AvgIpc) is 3.25. The Morgan fingerprint density at radius 2 is 2.11 bits per heavy atom. The Labute approximate surface area is 163 Å². The van der Waals surface area contributed by atoms with Crippen LogP contribution in [-0.2, 0) is 10.0 Å². The zero-order valence-electron chi connectivity index (χ0n) is 14.5. The van der Waals surface area contributed by atoms with Crippen molar-refractivity contribution in [2.75, 3.05) is 11.0 Å². The number of fused-ring (bicyclic) bond motifs is 3. The molecule has 1 atom stereocenters. The van der Waals surface area contributed by atoms with Crippen molar-refractivity contribution in [3.8, 4) is 0 Å². The first-order valence-electron chi connectivity index (χ1n) is 8.04. The van der Waals surface area contributed by atoms with Crippen LogP contribution in [0.1, 0.15) is 28.2 Å². The van der Waals surface area contributed by atoms with E-state index in [4.69, 9.17) is 0 Å². The Morgan fingerprint density at radius 1 is 1.30 bits per heavy atom. The maximum absolute atomic E-state index is 12.6. The zero-order valence-corrected chi connectivity index (χ0v) is 16.9. The first-order chi connectivity index (χ1) is 12.8. The van der Waals surface area contributed by atoms with Gasteiger partial charge in [0.1, 0.15) is 4.83 Å². The predicted molar refractivity (Wildman–Crippen MR) is 109 cm³/mol. The molecule has 0 aliphatic rings. The van der Waals surface area contributed by atoms with Crippen LogP contribution in [0, 0.1) is 0 Å². The molecule has 0 aliphatic heterocycles. The average molecular weight is 421 g/mol. The Bertz CT molecular complexity index is 1250. The number of imidazole rings is 1. The van der Waals surface area contributed by atoms with Crippen LogP contribution in [0.2, 0.25) is 0 Å². The predicted octanol–water partition coefficient (Wildman–Crippen LogP) is 3.47. The molecule has 0 aliphatic carbocycles. The Morgan fingerprint density at radius 3 is 2.89 bits per heavy atom. The molecule has 0 saturated heterocycles. The van der Waals surface area contributed by atoms with Crippen LogP contribution in [0.25, 0.3) is 15.3 Å². The standard InChI is InChI=1S/C17H16N4O3S3/c1-10(11-4-3-5-12(8-11)20-27(2,23)24)18-15(22)14-9-13-16(26-14)19-17-21(13)6-7-25-17/h3-10,20H,1-2H3,(H,18,22). The molecular formula is C17H16N4O3S3. The highest BCUT2D eigenvalue weighted by atomic mass is 32.2. The highest BCUT2D eigenvalue weighted by Crippen LogP contribution is 2.28. The van der Waals surface area contributed by atoms with Gasteiger partial charge >= 0.3 is 0 Å². The number of sulfonamides is 1. The summed E-state index contributed by atoms with van der Waals surface area (Å²) in [5, 5.41) is 4.91. The summed E-state index contributed by atoms with van der Waals surface area (Å²) in [6.07, 6.45) is 3.04. The molecule has 0 bridgehead atoms. The van der Waals surface area contributed by atoms with E-state index in [1.54, 1.807) is 29.5 Å². The fourth-order valence-electron chi connectivity index (χ4n) is 2.80. The first-order valence-corrected chi connectivity index (χ1v) is 11.6. The molecule has 140 valence electrons. The van der Waals surface area contributed by atoms with E-state index in [1.165, 1.54) is 11.3 Å². The van der Waals surface area contributed by atoms with Gasteiger partial charge in [-0.3, -0.25) is 13.9 Å². The number of benzene rings is 1. The van der Waals surface area contributed by atoms with Crippen molar-refractivity contribution < 1.29 is 13.2 Å². The summed E-state index contributed by atoms with van der Waals surface area (Å²) in [4.78, 5) is 19.5. The van der Waals surface area contributed by atoms with E-state index in [2.05, 4.69) is 15.0 Å². The smallest absolute Gasteiger partial charge is 0.261 e. The van der Waals surface area contributed by atoms with Crippen molar-refractivity contribution in [2.24, 2.45) is 0 Å². The van der Waals surface area contributed by atoms with Crippen LogP contribution >= 0.6 is 22.7 Å². The van der Waals surface area contributed by atoms with Gasteiger partial charge in [-0.05, 0) is 30.7 Å². The molecule has 4 rings (SSSR count). The summed E-state index contributed by atoms with van der Waals surface area (Å²) in [6.45, 7) is 1.86. The van der Waals surface area contributed by atoms with E-state index in [0.29, 0.717) is 10.6 Å². The van der Waals surface area contributed by atoms with Gasteiger partial charge < -0.3 is 5.32 Å². The second kappa shape index (κ2) is 6.63.